The second-order valence-electron chi connectivity index (χ2n) is 5.50. The topological polar surface area (TPSA) is 51.2 Å². The highest BCUT2D eigenvalue weighted by Crippen LogP contribution is 2.29. The zero-order valence-electron chi connectivity index (χ0n) is 13.4. The average Bonchev–Trinajstić information content (AvgIpc) is 3.28. The Morgan fingerprint density at radius 3 is 2.96 bits per heavy atom. The lowest BCUT2D eigenvalue weighted by Crippen LogP contribution is -2.22. The molecule has 0 saturated heterocycles. The molecule has 0 saturated carbocycles. The van der Waals surface area contributed by atoms with Crippen molar-refractivity contribution in [3.63, 3.8) is 0 Å². The van der Waals surface area contributed by atoms with Crippen molar-refractivity contribution in [1.82, 2.24) is 10.3 Å². The Morgan fingerprint density at radius 1 is 1.15 bits per heavy atom. The number of fused-ring (bicyclic) bond motifs is 1. The summed E-state index contributed by atoms with van der Waals surface area (Å²) in [7, 11) is 0. The van der Waals surface area contributed by atoms with Crippen LogP contribution in [0, 0.1) is 5.82 Å². The molecule has 0 aliphatic rings. The van der Waals surface area contributed by atoms with Crippen LogP contribution in [0.1, 0.15) is 15.2 Å². The number of nitrogens with zero attached hydrogens (tertiary/aromatic N) is 1. The van der Waals surface area contributed by atoms with Gasteiger partial charge in [-0.1, -0.05) is 6.07 Å². The second-order valence-corrected chi connectivity index (χ2v) is 7.51. The first-order chi connectivity index (χ1) is 12.7. The normalized spacial score (nSPS) is 10.8. The average molecular weight is 384 g/mol. The predicted molar refractivity (Wildman–Crippen MR) is 102 cm³/mol. The number of thiazole rings is 1. The van der Waals surface area contributed by atoms with Crippen molar-refractivity contribution in [2.45, 2.75) is 6.54 Å². The van der Waals surface area contributed by atoms with E-state index in [1.807, 2.05) is 18.2 Å². The van der Waals surface area contributed by atoms with Crippen molar-refractivity contribution in [2.24, 2.45) is 0 Å². The maximum absolute atomic E-state index is 13.2. The van der Waals surface area contributed by atoms with Gasteiger partial charge in [0, 0.05) is 16.5 Å². The number of thiophene rings is 1. The maximum atomic E-state index is 13.2. The zero-order chi connectivity index (χ0) is 17.9. The fraction of sp³-hybridized carbons (Fsp3) is 0.0526. The molecule has 0 unspecified atom stereocenters. The molecular weight excluding hydrogens is 371 g/mol. The number of hydrogen-bond acceptors (Lipinski definition) is 5. The van der Waals surface area contributed by atoms with Crippen LogP contribution in [0.15, 0.2) is 60.1 Å². The van der Waals surface area contributed by atoms with E-state index >= 15 is 0 Å². The van der Waals surface area contributed by atoms with Crippen molar-refractivity contribution >= 4 is 38.8 Å². The minimum atomic E-state index is -0.343. The van der Waals surface area contributed by atoms with E-state index in [0.29, 0.717) is 22.9 Å². The van der Waals surface area contributed by atoms with E-state index in [1.54, 1.807) is 29.8 Å². The summed E-state index contributed by atoms with van der Waals surface area (Å²) in [6.07, 6.45) is 0. The van der Waals surface area contributed by atoms with Crippen molar-refractivity contribution in [3.05, 3.63) is 76.4 Å². The molecule has 0 aliphatic heterocycles. The van der Waals surface area contributed by atoms with Gasteiger partial charge in [-0.25, -0.2) is 9.37 Å². The van der Waals surface area contributed by atoms with E-state index in [-0.39, 0.29) is 11.7 Å². The Hall–Kier alpha value is -2.77. The highest BCUT2D eigenvalue weighted by Gasteiger charge is 2.09. The van der Waals surface area contributed by atoms with Crippen LogP contribution < -0.4 is 10.1 Å². The number of carbonyl (C=O) groups excluding carboxylic acids is 1. The van der Waals surface area contributed by atoms with Gasteiger partial charge in [0.15, 0.2) is 5.06 Å². The number of rotatable bonds is 5. The van der Waals surface area contributed by atoms with Gasteiger partial charge in [0.25, 0.3) is 5.91 Å². The van der Waals surface area contributed by atoms with Crippen molar-refractivity contribution < 1.29 is 13.9 Å². The molecule has 7 heteroatoms. The summed E-state index contributed by atoms with van der Waals surface area (Å²) in [5.41, 5.74) is 3.26. The van der Waals surface area contributed by atoms with E-state index in [0.717, 1.165) is 15.1 Å². The lowest BCUT2D eigenvalue weighted by molar-refractivity contribution is 0.0951. The van der Waals surface area contributed by atoms with Gasteiger partial charge in [0.1, 0.15) is 11.6 Å². The van der Waals surface area contributed by atoms with Crippen LogP contribution in [0.4, 0.5) is 4.39 Å². The minimum Gasteiger partial charge on any atom is -0.447 e. The van der Waals surface area contributed by atoms with Crippen molar-refractivity contribution in [2.75, 3.05) is 0 Å². The first-order valence-corrected chi connectivity index (χ1v) is 9.50. The summed E-state index contributed by atoms with van der Waals surface area (Å²) in [6, 6.07) is 15.1. The lowest BCUT2D eigenvalue weighted by atomic mass is 10.2. The van der Waals surface area contributed by atoms with Crippen molar-refractivity contribution in [3.8, 4) is 10.8 Å². The van der Waals surface area contributed by atoms with Crippen LogP contribution in [-0.2, 0) is 6.54 Å². The molecule has 130 valence electrons. The SMILES string of the molecule is O=C(NCc1ccc(Oc2cccc(F)c2)s1)c1ccc2ncsc2c1. The molecule has 0 fully saturated rings. The number of ether oxygens (including phenoxy) is 1. The number of aromatic nitrogens is 1. The number of amides is 1. The summed E-state index contributed by atoms with van der Waals surface area (Å²) >= 11 is 2.91. The third kappa shape index (κ3) is 3.74. The number of halogens is 1. The highest BCUT2D eigenvalue weighted by atomic mass is 32.1. The van der Waals surface area contributed by atoms with E-state index in [4.69, 9.17) is 4.74 Å². The molecular formula is C19H13FN2O2S2. The molecule has 2 aromatic carbocycles. The standard InChI is InChI=1S/C19H13FN2O2S2/c20-13-2-1-3-14(9-13)24-18-7-5-15(26-18)10-21-19(23)12-4-6-16-17(8-12)25-11-22-16/h1-9,11H,10H2,(H,21,23). The minimum absolute atomic E-state index is 0.138. The van der Waals surface area contributed by atoms with Crippen LogP contribution in [0.2, 0.25) is 0 Å². The van der Waals surface area contributed by atoms with Crippen LogP contribution in [0.25, 0.3) is 10.2 Å². The second kappa shape index (κ2) is 7.23. The van der Waals surface area contributed by atoms with Gasteiger partial charge in [-0.15, -0.1) is 22.7 Å². The number of benzene rings is 2. The van der Waals surface area contributed by atoms with Gasteiger partial charge < -0.3 is 10.1 Å². The van der Waals surface area contributed by atoms with Gasteiger partial charge in [0.05, 0.1) is 22.3 Å². The molecule has 0 atom stereocenters. The third-order valence-corrected chi connectivity index (χ3v) is 5.42. The van der Waals surface area contributed by atoms with Crippen LogP contribution in [0.5, 0.6) is 10.8 Å². The van der Waals surface area contributed by atoms with E-state index in [1.165, 1.54) is 34.8 Å². The maximum Gasteiger partial charge on any atom is 0.251 e. The number of carbonyl (C=O) groups is 1. The molecule has 0 spiro atoms. The summed E-state index contributed by atoms with van der Waals surface area (Å²) in [6.45, 7) is 0.400. The summed E-state index contributed by atoms with van der Waals surface area (Å²) in [5, 5.41) is 3.54. The Labute approximate surface area is 156 Å². The first kappa shape index (κ1) is 16.7. The smallest absolute Gasteiger partial charge is 0.251 e. The molecule has 4 aromatic rings. The molecule has 2 heterocycles. The predicted octanol–water partition coefficient (Wildman–Crippen LogP) is 5.22. The largest absolute Gasteiger partial charge is 0.447 e. The Bertz CT molecular complexity index is 1070. The summed E-state index contributed by atoms with van der Waals surface area (Å²) in [4.78, 5) is 17.5. The molecule has 4 nitrogen and oxygen atoms in total. The molecule has 0 aliphatic carbocycles. The number of hydrogen-bond donors (Lipinski definition) is 1. The van der Waals surface area contributed by atoms with Gasteiger partial charge >= 0.3 is 0 Å². The van der Waals surface area contributed by atoms with Gasteiger partial charge in [-0.05, 0) is 42.5 Å². The fourth-order valence-electron chi connectivity index (χ4n) is 2.42. The summed E-state index contributed by atoms with van der Waals surface area (Å²) < 4.78 is 19.8. The zero-order valence-corrected chi connectivity index (χ0v) is 15.1. The number of nitrogens with one attached hydrogen (secondary N) is 1. The monoisotopic (exact) mass is 384 g/mol. The molecule has 0 radical (unpaired) electrons. The highest BCUT2D eigenvalue weighted by molar-refractivity contribution is 7.16. The molecule has 0 bridgehead atoms. The van der Waals surface area contributed by atoms with Crippen molar-refractivity contribution in [1.29, 1.82) is 0 Å². The third-order valence-electron chi connectivity index (χ3n) is 3.67. The van der Waals surface area contributed by atoms with Crippen LogP contribution in [-0.4, -0.2) is 10.9 Å². The van der Waals surface area contributed by atoms with Gasteiger partial charge in [-0.2, -0.15) is 0 Å². The Morgan fingerprint density at radius 2 is 2.08 bits per heavy atom. The van der Waals surface area contributed by atoms with E-state index in [2.05, 4.69) is 10.3 Å². The van der Waals surface area contributed by atoms with E-state index in [9.17, 15) is 9.18 Å². The first-order valence-electron chi connectivity index (χ1n) is 7.81. The van der Waals surface area contributed by atoms with Crippen LogP contribution >= 0.6 is 22.7 Å². The van der Waals surface area contributed by atoms with E-state index < -0.39 is 0 Å². The quantitative estimate of drug-likeness (QED) is 0.513. The Kier molecular flexibility index (Phi) is 4.64. The van der Waals surface area contributed by atoms with Crippen LogP contribution in [0.3, 0.4) is 0 Å². The lowest BCUT2D eigenvalue weighted by Gasteiger charge is -2.04. The molecule has 4 rings (SSSR count). The molecule has 2 aromatic heterocycles. The molecule has 26 heavy (non-hydrogen) atoms. The summed E-state index contributed by atoms with van der Waals surface area (Å²) in [5.74, 6) is -0.0361. The van der Waals surface area contributed by atoms with Gasteiger partial charge in [0.2, 0.25) is 0 Å². The molecule has 1 N–H and O–H groups in total. The Balaban J connectivity index is 1.38. The fourth-order valence-corrected chi connectivity index (χ4v) is 3.95. The van der Waals surface area contributed by atoms with Gasteiger partial charge in [-0.3, -0.25) is 4.79 Å². The molecule has 1 amide bonds.